The number of carbonyl (C=O) groups excluding carboxylic acids is 2. The van der Waals surface area contributed by atoms with E-state index in [9.17, 15) is 24.2 Å². The van der Waals surface area contributed by atoms with Gasteiger partial charge < -0.3 is 24.6 Å². The number of rotatable bonds is 30. The maximum Gasteiger partial charge on any atom is 0.472 e. The highest BCUT2D eigenvalue weighted by Gasteiger charge is 2.27. The van der Waals surface area contributed by atoms with Crippen LogP contribution >= 0.6 is 7.82 Å². The second kappa shape index (κ2) is 31.3. The number of ether oxygens (including phenoxy) is 2. The standard InChI is InChI=1S/C35H59O10P/c1-3-5-7-9-11-13-15-16-17-19-21-23-25-27-35(39)45-33(31-44-46(40,41)43-29-32(37)28-36)30-42-34(38)26-24-22-20-18-14-12-10-8-6-4-2/h5,7,9,11,13,15-17,19,21,32-33,36-37H,3-4,6,8,10,12,14,18,20,22-31H2,1-2H3,(H,40,41)/b7-5+,11-9+,15-13+,17-16+,21-19+/t32-,33?/m0/s1. The Hall–Kier alpha value is -2.33. The van der Waals surface area contributed by atoms with Gasteiger partial charge in [-0.05, 0) is 25.7 Å². The highest BCUT2D eigenvalue weighted by atomic mass is 31.2. The van der Waals surface area contributed by atoms with Crippen LogP contribution in [-0.2, 0) is 32.7 Å². The Kier molecular flexibility index (Phi) is 29.7. The maximum atomic E-state index is 12.4. The van der Waals surface area contributed by atoms with Gasteiger partial charge in [-0.2, -0.15) is 0 Å². The van der Waals surface area contributed by atoms with Gasteiger partial charge in [0.1, 0.15) is 12.7 Å². The molecule has 0 aromatic carbocycles. The molecule has 0 spiro atoms. The van der Waals surface area contributed by atoms with Gasteiger partial charge in [0.25, 0.3) is 0 Å². The summed E-state index contributed by atoms with van der Waals surface area (Å²) in [4.78, 5) is 34.6. The van der Waals surface area contributed by atoms with Crippen molar-refractivity contribution in [1.29, 1.82) is 0 Å². The maximum absolute atomic E-state index is 12.4. The van der Waals surface area contributed by atoms with Crippen molar-refractivity contribution in [2.75, 3.05) is 26.4 Å². The molecule has 0 radical (unpaired) electrons. The van der Waals surface area contributed by atoms with Crippen LogP contribution in [0.1, 0.15) is 110 Å². The second-order valence-electron chi connectivity index (χ2n) is 10.9. The third-order valence-corrected chi connectivity index (χ3v) is 7.52. The molecular weight excluding hydrogens is 611 g/mol. The molecule has 2 unspecified atom stereocenters. The summed E-state index contributed by atoms with van der Waals surface area (Å²) in [6.45, 7) is 2.08. The Labute approximate surface area is 276 Å². The van der Waals surface area contributed by atoms with E-state index >= 15 is 0 Å². The molecule has 0 aliphatic carbocycles. The zero-order valence-electron chi connectivity index (χ0n) is 28.0. The van der Waals surface area contributed by atoms with E-state index in [2.05, 4.69) is 24.4 Å². The molecule has 46 heavy (non-hydrogen) atoms. The number of esters is 2. The number of hydrogen-bond acceptors (Lipinski definition) is 9. The lowest BCUT2D eigenvalue weighted by molar-refractivity contribution is -0.161. The number of phosphoric acid groups is 1. The van der Waals surface area contributed by atoms with Crippen LogP contribution in [0.4, 0.5) is 0 Å². The third kappa shape index (κ3) is 30.3. The van der Waals surface area contributed by atoms with Gasteiger partial charge in [0, 0.05) is 12.8 Å². The van der Waals surface area contributed by atoms with Crippen molar-refractivity contribution in [3.8, 4) is 0 Å². The summed E-state index contributed by atoms with van der Waals surface area (Å²) in [6.07, 6.45) is 30.7. The van der Waals surface area contributed by atoms with E-state index < -0.39 is 51.8 Å². The fourth-order valence-electron chi connectivity index (χ4n) is 3.96. The number of hydrogen-bond donors (Lipinski definition) is 3. The molecule has 3 N–H and O–H groups in total. The first-order valence-electron chi connectivity index (χ1n) is 16.8. The number of aliphatic hydroxyl groups is 2. The normalized spacial score (nSPS) is 15.0. The number of carbonyl (C=O) groups is 2. The average molecular weight is 671 g/mol. The summed E-state index contributed by atoms with van der Waals surface area (Å²) in [5.74, 6) is -1.02. The van der Waals surface area contributed by atoms with Crippen LogP contribution < -0.4 is 0 Å². The highest BCUT2D eigenvalue weighted by molar-refractivity contribution is 7.47. The zero-order valence-corrected chi connectivity index (χ0v) is 28.9. The molecule has 0 saturated heterocycles. The minimum atomic E-state index is -4.62. The third-order valence-electron chi connectivity index (χ3n) is 6.56. The Morgan fingerprint density at radius 3 is 1.78 bits per heavy atom. The van der Waals surface area contributed by atoms with Gasteiger partial charge in [0.2, 0.25) is 0 Å². The second-order valence-corrected chi connectivity index (χ2v) is 12.4. The molecule has 0 amide bonds. The fraction of sp³-hybridized carbons (Fsp3) is 0.657. The van der Waals surface area contributed by atoms with Gasteiger partial charge in [0.05, 0.1) is 19.8 Å². The molecule has 0 aliphatic heterocycles. The van der Waals surface area contributed by atoms with Crippen molar-refractivity contribution in [2.45, 2.75) is 122 Å². The van der Waals surface area contributed by atoms with E-state index in [-0.39, 0.29) is 19.4 Å². The van der Waals surface area contributed by atoms with E-state index in [1.807, 2.05) is 54.7 Å². The molecule has 0 saturated carbocycles. The largest absolute Gasteiger partial charge is 0.472 e. The molecule has 10 nitrogen and oxygen atoms in total. The van der Waals surface area contributed by atoms with E-state index in [0.717, 1.165) is 25.7 Å². The monoisotopic (exact) mass is 670 g/mol. The summed E-state index contributed by atoms with van der Waals surface area (Å²) < 4.78 is 32.3. The van der Waals surface area contributed by atoms with Crippen LogP contribution in [0.5, 0.6) is 0 Å². The predicted molar refractivity (Wildman–Crippen MR) is 182 cm³/mol. The first kappa shape index (κ1) is 43.7. The fourth-order valence-corrected chi connectivity index (χ4v) is 4.75. The topological polar surface area (TPSA) is 149 Å². The van der Waals surface area contributed by atoms with Crippen molar-refractivity contribution < 1.29 is 47.8 Å². The van der Waals surface area contributed by atoms with E-state index in [1.54, 1.807) is 0 Å². The summed E-state index contributed by atoms with van der Waals surface area (Å²) in [5.41, 5.74) is 0. The van der Waals surface area contributed by atoms with Gasteiger partial charge in [-0.25, -0.2) is 4.57 Å². The summed E-state index contributed by atoms with van der Waals surface area (Å²) in [7, 11) is -4.62. The smallest absolute Gasteiger partial charge is 0.462 e. The first-order chi connectivity index (χ1) is 22.2. The van der Waals surface area contributed by atoms with Crippen molar-refractivity contribution in [3.63, 3.8) is 0 Å². The molecule has 0 rings (SSSR count). The lowest BCUT2D eigenvalue weighted by atomic mass is 10.1. The molecular formula is C35H59O10P. The summed E-state index contributed by atoms with van der Waals surface area (Å²) in [6, 6.07) is 0. The first-order valence-corrected chi connectivity index (χ1v) is 18.3. The predicted octanol–water partition coefficient (Wildman–Crippen LogP) is 7.60. The Morgan fingerprint density at radius 2 is 1.20 bits per heavy atom. The quantitative estimate of drug-likeness (QED) is 0.0302. The average Bonchev–Trinajstić information content (AvgIpc) is 3.04. The molecule has 0 aromatic rings. The van der Waals surface area contributed by atoms with Gasteiger partial charge >= 0.3 is 19.8 Å². The Bertz CT molecular complexity index is 957. The van der Waals surface area contributed by atoms with Crippen molar-refractivity contribution >= 4 is 19.8 Å². The van der Waals surface area contributed by atoms with E-state index in [1.165, 1.54) is 38.5 Å². The van der Waals surface area contributed by atoms with Gasteiger partial charge in [0.15, 0.2) is 6.10 Å². The molecule has 0 bridgehead atoms. The van der Waals surface area contributed by atoms with Crippen LogP contribution in [0.3, 0.4) is 0 Å². The molecule has 3 atom stereocenters. The van der Waals surface area contributed by atoms with Crippen molar-refractivity contribution in [3.05, 3.63) is 60.8 Å². The number of aliphatic hydroxyl groups excluding tert-OH is 2. The van der Waals surface area contributed by atoms with Crippen molar-refractivity contribution in [2.24, 2.45) is 0 Å². The number of allylic oxidation sites excluding steroid dienone is 10. The Morgan fingerprint density at radius 1 is 0.674 bits per heavy atom. The minimum absolute atomic E-state index is 0.0864. The van der Waals surface area contributed by atoms with Crippen LogP contribution in [0.25, 0.3) is 0 Å². The van der Waals surface area contributed by atoms with Gasteiger partial charge in [-0.3, -0.25) is 18.6 Å². The van der Waals surface area contributed by atoms with Crippen molar-refractivity contribution in [1.82, 2.24) is 0 Å². The minimum Gasteiger partial charge on any atom is -0.462 e. The highest BCUT2D eigenvalue weighted by Crippen LogP contribution is 2.43. The molecule has 11 heteroatoms. The van der Waals surface area contributed by atoms with E-state index in [4.69, 9.17) is 19.1 Å². The number of phosphoric ester groups is 1. The van der Waals surface area contributed by atoms with Gasteiger partial charge in [-0.1, -0.05) is 132 Å². The molecule has 0 aliphatic rings. The van der Waals surface area contributed by atoms with Crippen LogP contribution in [0.2, 0.25) is 0 Å². The van der Waals surface area contributed by atoms with Crippen LogP contribution in [0, 0.1) is 0 Å². The number of unbranched alkanes of at least 4 members (excludes halogenated alkanes) is 10. The van der Waals surface area contributed by atoms with E-state index in [0.29, 0.717) is 19.3 Å². The lowest BCUT2D eigenvalue weighted by Crippen LogP contribution is -2.29. The SMILES string of the molecule is CC/C=C/C=C/C=C/C=C/C=C/CCCC(=O)OC(COC(=O)CCCCCCCCCCCC)COP(=O)(O)OC[C@@H](O)CO. The van der Waals surface area contributed by atoms with Gasteiger partial charge in [-0.15, -0.1) is 0 Å². The zero-order chi connectivity index (χ0) is 34.1. The van der Waals surface area contributed by atoms with Crippen LogP contribution in [0.15, 0.2) is 60.8 Å². The molecule has 0 fully saturated rings. The molecule has 0 heterocycles. The molecule has 264 valence electrons. The Balaban J connectivity index is 4.60. The molecule has 0 aromatic heterocycles. The summed E-state index contributed by atoms with van der Waals surface area (Å²) in [5, 5.41) is 18.2. The van der Waals surface area contributed by atoms with Crippen LogP contribution in [-0.4, -0.2) is 65.7 Å². The lowest BCUT2D eigenvalue weighted by Gasteiger charge is -2.20. The summed E-state index contributed by atoms with van der Waals surface area (Å²) >= 11 is 0.